The lowest BCUT2D eigenvalue weighted by Gasteiger charge is -2.37. The zero-order valence-electron chi connectivity index (χ0n) is 14.7. The lowest BCUT2D eigenvalue weighted by molar-refractivity contribution is -0.146. The maximum Gasteiger partial charge on any atom is 0.401 e. The molecular weight excluding hydrogens is 331 g/mol. The highest BCUT2D eigenvalue weighted by molar-refractivity contribution is 5.87. The summed E-state index contributed by atoms with van der Waals surface area (Å²) in [6, 6.07) is 5.90. The van der Waals surface area contributed by atoms with Gasteiger partial charge in [0.15, 0.2) is 0 Å². The van der Waals surface area contributed by atoms with Gasteiger partial charge in [0.05, 0.1) is 6.54 Å². The van der Waals surface area contributed by atoms with Gasteiger partial charge < -0.3 is 4.90 Å². The number of aryl methyl sites for hydroxylation is 2. The molecule has 0 atom stereocenters. The number of piperazine rings is 1. The van der Waals surface area contributed by atoms with Crippen molar-refractivity contribution in [1.29, 1.82) is 0 Å². The highest BCUT2D eigenvalue weighted by atomic mass is 19.4. The molecule has 0 amide bonds. The first-order chi connectivity index (χ1) is 11.7. The average Bonchev–Trinajstić information content (AvgIpc) is 2.51. The molecule has 4 nitrogen and oxygen atoms in total. The molecule has 0 unspecified atom stereocenters. The topological polar surface area (TPSA) is 28.5 Å². The van der Waals surface area contributed by atoms with Crippen LogP contribution in [0.4, 0.5) is 19.0 Å². The predicted molar refractivity (Wildman–Crippen MR) is 93.4 cm³/mol. The molecule has 0 aliphatic carbocycles. The van der Waals surface area contributed by atoms with E-state index < -0.39 is 12.7 Å². The maximum atomic E-state index is 12.7. The highest BCUT2D eigenvalue weighted by Gasteiger charge is 2.32. The summed E-state index contributed by atoms with van der Waals surface area (Å²) < 4.78 is 39.2. The number of hydrogen-bond acceptors (Lipinski definition) is 3. The molecule has 1 aliphatic heterocycles. The van der Waals surface area contributed by atoms with Crippen LogP contribution in [0.15, 0.2) is 23.0 Å². The van der Waals surface area contributed by atoms with Gasteiger partial charge in [-0.3, -0.25) is 14.3 Å². The molecule has 25 heavy (non-hydrogen) atoms. The fourth-order valence-corrected chi connectivity index (χ4v) is 3.55. The minimum Gasteiger partial charge on any atom is -0.355 e. The monoisotopic (exact) mass is 353 g/mol. The summed E-state index contributed by atoms with van der Waals surface area (Å²) in [6.07, 6.45) is -4.17. The van der Waals surface area contributed by atoms with E-state index in [1.807, 2.05) is 36.9 Å². The SMILES string of the molecule is Cc1cc(C)c2cc(N3CCN(CC(F)(F)F)CC3)n(C)c(=O)c2c1. The predicted octanol–water partition coefficient (Wildman–Crippen LogP) is 2.84. The van der Waals surface area contributed by atoms with Crippen LogP contribution in [0, 0.1) is 13.8 Å². The van der Waals surface area contributed by atoms with Crippen molar-refractivity contribution in [1.82, 2.24) is 9.47 Å². The average molecular weight is 353 g/mol. The number of alkyl halides is 3. The van der Waals surface area contributed by atoms with Crippen molar-refractivity contribution in [3.8, 4) is 0 Å². The normalized spacial score (nSPS) is 16.6. The number of anilines is 1. The van der Waals surface area contributed by atoms with Gasteiger partial charge in [-0.05, 0) is 36.9 Å². The summed E-state index contributed by atoms with van der Waals surface area (Å²) in [6.45, 7) is 4.66. The van der Waals surface area contributed by atoms with Gasteiger partial charge in [0.25, 0.3) is 5.56 Å². The highest BCUT2D eigenvalue weighted by Crippen LogP contribution is 2.24. The van der Waals surface area contributed by atoms with E-state index in [1.165, 1.54) is 4.90 Å². The molecule has 0 saturated carbocycles. The zero-order chi connectivity index (χ0) is 18.4. The van der Waals surface area contributed by atoms with Crippen molar-refractivity contribution in [3.63, 3.8) is 0 Å². The first-order valence-electron chi connectivity index (χ1n) is 8.31. The molecule has 1 aliphatic rings. The molecule has 3 rings (SSSR count). The van der Waals surface area contributed by atoms with Gasteiger partial charge in [-0.2, -0.15) is 13.2 Å². The molecule has 0 N–H and O–H groups in total. The second kappa shape index (κ2) is 6.37. The van der Waals surface area contributed by atoms with E-state index in [1.54, 1.807) is 11.6 Å². The molecule has 2 heterocycles. The Kier molecular flexibility index (Phi) is 4.53. The molecule has 1 aromatic heterocycles. The molecule has 1 fully saturated rings. The van der Waals surface area contributed by atoms with Gasteiger partial charge in [-0.1, -0.05) is 11.6 Å². The summed E-state index contributed by atoms with van der Waals surface area (Å²) in [5, 5.41) is 1.58. The van der Waals surface area contributed by atoms with Crippen LogP contribution in [0.3, 0.4) is 0 Å². The first kappa shape index (κ1) is 17.8. The van der Waals surface area contributed by atoms with Crippen LogP contribution >= 0.6 is 0 Å². The standard InChI is InChI=1S/C18H22F3N3O/c1-12-8-13(2)14-10-16(22(3)17(25)15(14)9-12)24-6-4-23(5-7-24)11-18(19,20)21/h8-10H,4-7,11H2,1-3H3. The molecule has 0 bridgehead atoms. The number of pyridine rings is 1. The van der Waals surface area contributed by atoms with Crippen LogP contribution < -0.4 is 10.5 Å². The number of hydrogen-bond donors (Lipinski definition) is 0. The Balaban J connectivity index is 1.90. The summed E-state index contributed by atoms with van der Waals surface area (Å²) >= 11 is 0. The molecule has 1 saturated heterocycles. The van der Waals surface area contributed by atoms with Crippen LogP contribution in [-0.4, -0.2) is 48.4 Å². The van der Waals surface area contributed by atoms with E-state index in [9.17, 15) is 18.0 Å². The Morgan fingerprint density at radius 2 is 1.64 bits per heavy atom. The third kappa shape index (κ3) is 3.66. The fourth-order valence-electron chi connectivity index (χ4n) is 3.55. The Hall–Kier alpha value is -2.02. The molecular formula is C18H22F3N3O. The van der Waals surface area contributed by atoms with Gasteiger partial charge in [0.1, 0.15) is 5.82 Å². The van der Waals surface area contributed by atoms with E-state index in [0.29, 0.717) is 31.6 Å². The van der Waals surface area contributed by atoms with E-state index >= 15 is 0 Å². The van der Waals surface area contributed by atoms with Gasteiger partial charge in [-0.25, -0.2) is 0 Å². The smallest absolute Gasteiger partial charge is 0.355 e. The van der Waals surface area contributed by atoms with Crippen LogP contribution in [0.25, 0.3) is 10.8 Å². The number of aromatic nitrogens is 1. The molecule has 2 aromatic rings. The number of rotatable bonds is 2. The van der Waals surface area contributed by atoms with Gasteiger partial charge in [-0.15, -0.1) is 0 Å². The number of nitrogens with zero attached hydrogens (tertiary/aromatic N) is 3. The van der Waals surface area contributed by atoms with Gasteiger partial charge in [0, 0.05) is 38.6 Å². The third-order valence-electron chi connectivity index (χ3n) is 4.78. The Morgan fingerprint density at radius 1 is 1.00 bits per heavy atom. The second-order valence-electron chi connectivity index (χ2n) is 6.79. The van der Waals surface area contributed by atoms with E-state index in [4.69, 9.17) is 0 Å². The molecule has 0 spiro atoms. The van der Waals surface area contributed by atoms with Crippen LogP contribution in [-0.2, 0) is 7.05 Å². The molecule has 136 valence electrons. The third-order valence-corrected chi connectivity index (χ3v) is 4.78. The summed E-state index contributed by atoms with van der Waals surface area (Å²) in [4.78, 5) is 16.1. The molecule has 1 aromatic carbocycles. The largest absolute Gasteiger partial charge is 0.401 e. The van der Waals surface area contributed by atoms with Crippen molar-refractivity contribution in [3.05, 3.63) is 39.7 Å². The summed E-state index contributed by atoms with van der Waals surface area (Å²) in [7, 11) is 1.72. The minimum absolute atomic E-state index is 0.0722. The van der Waals surface area contributed by atoms with Crippen molar-refractivity contribution < 1.29 is 13.2 Å². The molecule has 7 heteroatoms. The lowest BCUT2D eigenvalue weighted by Crippen LogP contribution is -2.50. The fraction of sp³-hybridized carbons (Fsp3) is 0.500. The van der Waals surface area contributed by atoms with E-state index in [2.05, 4.69) is 0 Å². The van der Waals surface area contributed by atoms with E-state index in [-0.39, 0.29) is 5.56 Å². The van der Waals surface area contributed by atoms with Crippen molar-refractivity contribution >= 4 is 16.6 Å². The van der Waals surface area contributed by atoms with Crippen LogP contribution in [0.1, 0.15) is 11.1 Å². The van der Waals surface area contributed by atoms with Gasteiger partial charge in [0.2, 0.25) is 0 Å². The zero-order valence-corrected chi connectivity index (χ0v) is 14.7. The van der Waals surface area contributed by atoms with Crippen LogP contribution in [0.5, 0.6) is 0 Å². The quantitative estimate of drug-likeness (QED) is 0.831. The van der Waals surface area contributed by atoms with Gasteiger partial charge >= 0.3 is 6.18 Å². The maximum absolute atomic E-state index is 12.7. The number of benzene rings is 1. The first-order valence-corrected chi connectivity index (χ1v) is 8.31. The van der Waals surface area contributed by atoms with E-state index in [0.717, 1.165) is 22.3 Å². The van der Waals surface area contributed by atoms with Crippen molar-refractivity contribution in [2.45, 2.75) is 20.0 Å². The number of halogens is 3. The van der Waals surface area contributed by atoms with Crippen LogP contribution in [0.2, 0.25) is 0 Å². The Bertz CT molecular complexity index is 849. The number of fused-ring (bicyclic) bond motifs is 1. The molecule has 0 radical (unpaired) electrons. The summed E-state index contributed by atoms with van der Waals surface area (Å²) in [5.41, 5.74) is 2.00. The Morgan fingerprint density at radius 3 is 2.24 bits per heavy atom. The Labute approximate surface area is 144 Å². The summed E-state index contributed by atoms with van der Waals surface area (Å²) in [5.74, 6) is 0.760. The minimum atomic E-state index is -4.17. The van der Waals surface area contributed by atoms with Crippen molar-refractivity contribution in [2.75, 3.05) is 37.6 Å². The van der Waals surface area contributed by atoms with Crippen molar-refractivity contribution in [2.24, 2.45) is 7.05 Å². The lowest BCUT2D eigenvalue weighted by atomic mass is 10.0. The second-order valence-corrected chi connectivity index (χ2v) is 6.79.